The molecule has 0 bridgehead atoms. The molecule has 0 unspecified atom stereocenters. The van der Waals surface area contributed by atoms with Gasteiger partial charge in [0, 0.05) is 20.8 Å². The highest BCUT2D eigenvalue weighted by Crippen LogP contribution is 2.49. The normalized spacial score (nSPS) is 14.1. The molecule has 3 aromatic carbocycles. The van der Waals surface area contributed by atoms with Crippen LogP contribution in [-0.2, 0) is 0 Å². The van der Waals surface area contributed by atoms with Gasteiger partial charge in [0.1, 0.15) is 0 Å². The Morgan fingerprint density at radius 2 is 1.52 bits per heavy atom. The minimum atomic E-state index is -0.415. The SMILES string of the molecule is O=c1[nH][nH]c(=O)c2c(-c3ccc4c(c3)OCO4)c3c4c(cc(Br)c3cc12)OCO4. The Kier molecular flexibility index (Phi) is 3.28. The van der Waals surface area contributed by atoms with Crippen molar-refractivity contribution in [2.24, 2.45) is 0 Å². The molecule has 1 aromatic heterocycles. The number of fused-ring (bicyclic) bond motifs is 5. The predicted octanol–water partition coefficient (Wildman–Crippen LogP) is 3.26. The number of hydrogen-bond acceptors (Lipinski definition) is 6. The zero-order chi connectivity index (χ0) is 19.7. The average molecular weight is 455 g/mol. The summed E-state index contributed by atoms with van der Waals surface area (Å²) in [5.41, 5.74) is 0.442. The Labute approximate surface area is 170 Å². The number of rotatable bonds is 1. The summed E-state index contributed by atoms with van der Waals surface area (Å²) in [6.07, 6.45) is 0. The summed E-state index contributed by atoms with van der Waals surface area (Å²) in [6, 6.07) is 8.87. The highest BCUT2D eigenvalue weighted by atomic mass is 79.9. The first-order valence-corrected chi connectivity index (χ1v) is 9.50. The van der Waals surface area contributed by atoms with Gasteiger partial charge in [0.05, 0.1) is 10.8 Å². The smallest absolute Gasteiger partial charge is 0.271 e. The Hall–Kier alpha value is -3.46. The molecule has 0 amide bonds. The van der Waals surface area contributed by atoms with E-state index in [4.69, 9.17) is 18.9 Å². The van der Waals surface area contributed by atoms with E-state index in [2.05, 4.69) is 26.1 Å². The second kappa shape index (κ2) is 5.77. The van der Waals surface area contributed by atoms with Gasteiger partial charge in [-0.15, -0.1) is 0 Å². The molecule has 2 aliphatic rings. The highest BCUT2D eigenvalue weighted by Gasteiger charge is 2.26. The zero-order valence-electron chi connectivity index (χ0n) is 14.6. The van der Waals surface area contributed by atoms with E-state index >= 15 is 0 Å². The topological polar surface area (TPSA) is 103 Å². The molecule has 144 valence electrons. The lowest BCUT2D eigenvalue weighted by atomic mass is 9.92. The Morgan fingerprint density at radius 1 is 0.759 bits per heavy atom. The summed E-state index contributed by atoms with van der Waals surface area (Å²) in [7, 11) is 0. The fraction of sp³-hybridized carbons (Fsp3) is 0.100. The molecule has 0 spiro atoms. The molecule has 29 heavy (non-hydrogen) atoms. The molecular formula is C20H11BrN2O6. The number of halogens is 1. The molecule has 0 saturated heterocycles. The highest BCUT2D eigenvalue weighted by molar-refractivity contribution is 9.10. The minimum Gasteiger partial charge on any atom is -0.454 e. The summed E-state index contributed by atoms with van der Waals surface area (Å²) < 4.78 is 23.0. The summed E-state index contributed by atoms with van der Waals surface area (Å²) in [5.74, 6) is 2.28. The van der Waals surface area contributed by atoms with E-state index in [1.54, 1.807) is 24.3 Å². The lowest BCUT2D eigenvalue weighted by molar-refractivity contribution is 0.174. The number of aromatic amines is 2. The fourth-order valence-corrected chi connectivity index (χ4v) is 4.41. The van der Waals surface area contributed by atoms with Crippen LogP contribution in [0, 0.1) is 0 Å². The van der Waals surface area contributed by atoms with Crippen molar-refractivity contribution in [2.45, 2.75) is 0 Å². The molecule has 0 aliphatic carbocycles. The van der Waals surface area contributed by atoms with E-state index in [1.165, 1.54) is 0 Å². The number of benzene rings is 3. The Balaban J connectivity index is 1.88. The van der Waals surface area contributed by atoms with Gasteiger partial charge in [-0.25, -0.2) is 0 Å². The van der Waals surface area contributed by atoms with Gasteiger partial charge in [0.15, 0.2) is 23.0 Å². The van der Waals surface area contributed by atoms with E-state index in [1.807, 2.05) is 6.07 Å². The average Bonchev–Trinajstić information content (AvgIpc) is 3.38. The van der Waals surface area contributed by atoms with Gasteiger partial charge < -0.3 is 18.9 Å². The third-order valence-corrected chi connectivity index (χ3v) is 5.79. The van der Waals surface area contributed by atoms with Gasteiger partial charge in [0.25, 0.3) is 11.1 Å². The maximum Gasteiger partial charge on any atom is 0.271 e. The number of hydrogen-bond donors (Lipinski definition) is 2. The molecule has 4 aromatic rings. The largest absolute Gasteiger partial charge is 0.454 e. The van der Waals surface area contributed by atoms with Gasteiger partial charge in [0.2, 0.25) is 13.6 Å². The van der Waals surface area contributed by atoms with Gasteiger partial charge in [-0.1, -0.05) is 22.0 Å². The standard InChI is InChI=1S/C20H11BrN2O6/c21-11-5-14-18(29-7-28-14)16-9(11)4-10-17(20(25)23-22-19(10)24)15(16)8-1-2-12-13(3-8)27-6-26-12/h1-5H,6-7H2,(H,22,24)(H,23,25). The van der Waals surface area contributed by atoms with E-state index in [-0.39, 0.29) is 24.4 Å². The Bertz CT molecular complexity index is 1470. The quantitative estimate of drug-likeness (QED) is 0.428. The first-order chi connectivity index (χ1) is 14.1. The number of H-pyrrole nitrogens is 2. The summed E-state index contributed by atoms with van der Waals surface area (Å²) in [4.78, 5) is 25.4. The Morgan fingerprint density at radius 3 is 2.41 bits per heavy atom. The van der Waals surface area contributed by atoms with Crippen LogP contribution in [0.5, 0.6) is 23.0 Å². The van der Waals surface area contributed by atoms with Crippen LogP contribution in [0.2, 0.25) is 0 Å². The first-order valence-electron chi connectivity index (χ1n) is 8.71. The lowest BCUT2D eigenvalue weighted by Gasteiger charge is -2.14. The van der Waals surface area contributed by atoms with E-state index in [0.717, 1.165) is 9.86 Å². The van der Waals surface area contributed by atoms with Gasteiger partial charge >= 0.3 is 0 Å². The minimum absolute atomic E-state index is 0.0746. The maximum atomic E-state index is 12.8. The van der Waals surface area contributed by atoms with E-state index < -0.39 is 11.1 Å². The number of ether oxygens (including phenoxy) is 4. The van der Waals surface area contributed by atoms with Crippen LogP contribution < -0.4 is 30.1 Å². The monoisotopic (exact) mass is 454 g/mol. The van der Waals surface area contributed by atoms with Crippen molar-refractivity contribution in [3.8, 4) is 34.1 Å². The predicted molar refractivity (Wildman–Crippen MR) is 108 cm³/mol. The van der Waals surface area contributed by atoms with Crippen molar-refractivity contribution >= 4 is 37.5 Å². The molecule has 2 aliphatic heterocycles. The molecule has 2 N–H and O–H groups in total. The molecule has 6 rings (SSSR count). The number of nitrogens with one attached hydrogen (secondary N) is 2. The molecule has 0 saturated carbocycles. The van der Waals surface area contributed by atoms with Gasteiger partial charge in [-0.2, -0.15) is 0 Å². The lowest BCUT2D eigenvalue weighted by Crippen LogP contribution is -2.19. The van der Waals surface area contributed by atoms with E-state index in [9.17, 15) is 9.59 Å². The molecule has 0 fully saturated rings. The second-order valence-electron chi connectivity index (χ2n) is 6.67. The third-order valence-electron chi connectivity index (χ3n) is 5.13. The molecule has 9 heteroatoms. The summed E-state index contributed by atoms with van der Waals surface area (Å²) in [6.45, 7) is 0.207. The van der Waals surface area contributed by atoms with Crippen LogP contribution >= 0.6 is 15.9 Å². The van der Waals surface area contributed by atoms with Crippen molar-refractivity contribution in [1.82, 2.24) is 10.2 Å². The molecule has 3 heterocycles. The maximum absolute atomic E-state index is 12.8. The van der Waals surface area contributed by atoms with Crippen LogP contribution in [0.15, 0.2) is 44.4 Å². The molecule has 0 radical (unpaired) electrons. The molecule has 8 nitrogen and oxygen atoms in total. The van der Waals surface area contributed by atoms with Crippen molar-refractivity contribution in [2.75, 3.05) is 13.6 Å². The second-order valence-corrected chi connectivity index (χ2v) is 7.52. The third kappa shape index (κ3) is 2.24. The van der Waals surface area contributed by atoms with Crippen molar-refractivity contribution in [3.63, 3.8) is 0 Å². The fourth-order valence-electron chi connectivity index (χ4n) is 3.89. The first kappa shape index (κ1) is 16.5. The van der Waals surface area contributed by atoms with Crippen molar-refractivity contribution in [1.29, 1.82) is 0 Å². The van der Waals surface area contributed by atoms with Crippen LogP contribution in [0.25, 0.3) is 32.7 Å². The van der Waals surface area contributed by atoms with E-state index in [0.29, 0.717) is 39.5 Å². The van der Waals surface area contributed by atoms with Crippen LogP contribution in [0.1, 0.15) is 0 Å². The van der Waals surface area contributed by atoms with Crippen molar-refractivity contribution < 1.29 is 18.9 Å². The molecule has 0 atom stereocenters. The summed E-state index contributed by atoms with van der Waals surface area (Å²) in [5, 5.41) is 6.74. The van der Waals surface area contributed by atoms with Crippen molar-refractivity contribution in [3.05, 3.63) is 55.5 Å². The number of aromatic nitrogens is 2. The molecular weight excluding hydrogens is 444 g/mol. The van der Waals surface area contributed by atoms with Gasteiger partial charge in [-0.05, 0) is 29.8 Å². The van der Waals surface area contributed by atoms with Crippen LogP contribution in [0.4, 0.5) is 0 Å². The van der Waals surface area contributed by atoms with Crippen LogP contribution in [0.3, 0.4) is 0 Å². The van der Waals surface area contributed by atoms with Gasteiger partial charge in [-0.3, -0.25) is 19.8 Å². The van der Waals surface area contributed by atoms with Crippen LogP contribution in [-0.4, -0.2) is 23.8 Å². The summed E-state index contributed by atoms with van der Waals surface area (Å²) >= 11 is 3.56. The zero-order valence-corrected chi connectivity index (χ0v) is 16.2.